The number of ketones is 1. The quantitative estimate of drug-likeness (QED) is 0.274. The van der Waals surface area contributed by atoms with E-state index in [9.17, 15) is 9.59 Å². The van der Waals surface area contributed by atoms with E-state index in [1.807, 2.05) is 22.8 Å². The molecule has 0 atom stereocenters. The van der Waals surface area contributed by atoms with E-state index in [4.69, 9.17) is 9.47 Å². The van der Waals surface area contributed by atoms with Crippen LogP contribution in [0.2, 0.25) is 0 Å². The number of aromatic nitrogens is 4. The smallest absolute Gasteiger partial charge is 0.234 e. The van der Waals surface area contributed by atoms with Crippen LogP contribution in [0.5, 0.6) is 11.5 Å². The first-order valence-corrected chi connectivity index (χ1v) is 11.6. The van der Waals surface area contributed by atoms with Crippen molar-refractivity contribution in [3.05, 3.63) is 72.6 Å². The molecule has 0 fully saturated rings. The van der Waals surface area contributed by atoms with Gasteiger partial charge in [0.05, 0.1) is 25.7 Å². The predicted molar refractivity (Wildman–Crippen MR) is 133 cm³/mol. The highest BCUT2D eigenvalue weighted by atomic mass is 32.2. The number of Topliss-reactive ketones (excluding diaryl/α,β-unsaturated/α-hetero) is 1. The Bertz CT molecular complexity index is 1340. The van der Waals surface area contributed by atoms with Crippen LogP contribution in [0.15, 0.2) is 72.1 Å². The number of hydrogen-bond acceptors (Lipinski definition) is 8. The van der Waals surface area contributed by atoms with Crippen molar-refractivity contribution >= 4 is 29.1 Å². The van der Waals surface area contributed by atoms with E-state index in [-0.39, 0.29) is 17.4 Å². The second kappa shape index (κ2) is 10.8. The molecular weight excluding hydrogens is 466 g/mol. The van der Waals surface area contributed by atoms with Gasteiger partial charge in [-0.2, -0.15) is 0 Å². The first-order chi connectivity index (χ1) is 17.0. The second-order valence-electron chi connectivity index (χ2n) is 7.39. The van der Waals surface area contributed by atoms with Crippen LogP contribution in [0.1, 0.15) is 17.3 Å². The van der Waals surface area contributed by atoms with Gasteiger partial charge >= 0.3 is 0 Å². The van der Waals surface area contributed by atoms with Gasteiger partial charge in [0.2, 0.25) is 5.91 Å². The van der Waals surface area contributed by atoms with Crippen molar-refractivity contribution < 1.29 is 19.1 Å². The van der Waals surface area contributed by atoms with Crippen molar-refractivity contribution in [3.63, 3.8) is 0 Å². The number of methoxy groups -OCH3 is 2. The molecular formula is C25H23N5O4S. The summed E-state index contributed by atoms with van der Waals surface area (Å²) in [6.45, 7) is 1.50. The van der Waals surface area contributed by atoms with Gasteiger partial charge in [-0.05, 0) is 55.5 Å². The van der Waals surface area contributed by atoms with Gasteiger partial charge < -0.3 is 14.8 Å². The van der Waals surface area contributed by atoms with E-state index in [0.29, 0.717) is 39.4 Å². The Hall–Kier alpha value is -4.18. The first-order valence-electron chi connectivity index (χ1n) is 10.6. The SMILES string of the molecule is COc1ccc(OC)c(-n2c(SCC(=O)Nc3ccc(C(C)=O)cc3)nnc2-c2ccncc2)c1. The van der Waals surface area contributed by atoms with Crippen molar-refractivity contribution in [2.24, 2.45) is 0 Å². The van der Waals surface area contributed by atoms with Crippen LogP contribution in [-0.4, -0.2) is 51.4 Å². The minimum Gasteiger partial charge on any atom is -0.497 e. The number of amides is 1. The van der Waals surface area contributed by atoms with Gasteiger partial charge in [-0.25, -0.2) is 0 Å². The Labute approximate surface area is 206 Å². The molecule has 178 valence electrons. The number of pyridine rings is 1. The van der Waals surface area contributed by atoms with Crippen LogP contribution in [0.25, 0.3) is 17.1 Å². The molecule has 1 amide bonds. The average molecular weight is 490 g/mol. The summed E-state index contributed by atoms with van der Waals surface area (Å²) >= 11 is 1.24. The van der Waals surface area contributed by atoms with E-state index in [1.54, 1.807) is 63.0 Å². The number of carbonyl (C=O) groups is 2. The lowest BCUT2D eigenvalue weighted by Gasteiger charge is -2.15. The molecule has 0 unspecified atom stereocenters. The highest BCUT2D eigenvalue weighted by Gasteiger charge is 2.20. The molecule has 1 N–H and O–H groups in total. The lowest BCUT2D eigenvalue weighted by atomic mass is 10.1. The minimum absolute atomic E-state index is 0.0317. The zero-order valence-electron chi connectivity index (χ0n) is 19.4. The van der Waals surface area contributed by atoms with Gasteiger partial charge in [-0.15, -0.1) is 10.2 Å². The highest BCUT2D eigenvalue weighted by molar-refractivity contribution is 7.99. The maximum atomic E-state index is 12.6. The number of carbonyl (C=O) groups excluding carboxylic acids is 2. The van der Waals surface area contributed by atoms with E-state index in [2.05, 4.69) is 20.5 Å². The zero-order valence-corrected chi connectivity index (χ0v) is 20.2. The van der Waals surface area contributed by atoms with E-state index in [0.717, 1.165) is 5.56 Å². The molecule has 4 rings (SSSR count). The van der Waals surface area contributed by atoms with Crippen LogP contribution >= 0.6 is 11.8 Å². The maximum absolute atomic E-state index is 12.6. The summed E-state index contributed by atoms with van der Waals surface area (Å²) in [5.74, 6) is 1.64. The Morgan fingerprint density at radius 3 is 2.37 bits per heavy atom. The molecule has 35 heavy (non-hydrogen) atoms. The summed E-state index contributed by atoms with van der Waals surface area (Å²) in [6, 6.07) is 15.9. The fraction of sp³-hybridized carbons (Fsp3) is 0.160. The summed E-state index contributed by atoms with van der Waals surface area (Å²) in [6.07, 6.45) is 3.35. The van der Waals surface area contributed by atoms with Crippen LogP contribution in [0.3, 0.4) is 0 Å². The molecule has 0 aliphatic rings. The summed E-state index contributed by atoms with van der Waals surface area (Å²) in [4.78, 5) is 28.2. The molecule has 0 saturated heterocycles. The number of nitrogens with one attached hydrogen (secondary N) is 1. The Morgan fingerprint density at radius 2 is 1.71 bits per heavy atom. The molecule has 2 aromatic carbocycles. The number of anilines is 1. The van der Waals surface area contributed by atoms with E-state index < -0.39 is 0 Å². The normalized spacial score (nSPS) is 10.6. The predicted octanol–water partition coefficient (Wildman–Crippen LogP) is 4.28. The van der Waals surface area contributed by atoms with Gasteiger partial charge in [0.1, 0.15) is 11.5 Å². The third-order valence-corrected chi connectivity index (χ3v) is 6.04. The van der Waals surface area contributed by atoms with Crippen molar-refractivity contribution in [2.75, 3.05) is 25.3 Å². The zero-order chi connectivity index (χ0) is 24.8. The molecule has 4 aromatic rings. The van der Waals surface area contributed by atoms with E-state index >= 15 is 0 Å². The third kappa shape index (κ3) is 5.49. The van der Waals surface area contributed by atoms with Gasteiger partial charge in [-0.3, -0.25) is 19.1 Å². The first kappa shape index (κ1) is 24.0. The summed E-state index contributed by atoms with van der Waals surface area (Å²) < 4.78 is 12.8. The molecule has 0 bridgehead atoms. The number of thioether (sulfide) groups is 1. The largest absolute Gasteiger partial charge is 0.497 e. The molecule has 0 aliphatic heterocycles. The Kier molecular flexibility index (Phi) is 7.41. The second-order valence-corrected chi connectivity index (χ2v) is 8.33. The summed E-state index contributed by atoms with van der Waals surface area (Å²) in [7, 11) is 3.17. The highest BCUT2D eigenvalue weighted by Crippen LogP contribution is 2.34. The molecule has 2 aromatic heterocycles. The van der Waals surface area contributed by atoms with Crippen LogP contribution in [-0.2, 0) is 4.79 Å². The third-order valence-electron chi connectivity index (χ3n) is 5.11. The van der Waals surface area contributed by atoms with E-state index in [1.165, 1.54) is 18.7 Å². The molecule has 2 heterocycles. The lowest BCUT2D eigenvalue weighted by Crippen LogP contribution is -2.14. The number of ether oxygens (including phenoxy) is 2. The van der Waals surface area contributed by atoms with Gasteiger partial charge in [0.15, 0.2) is 16.8 Å². The summed E-state index contributed by atoms with van der Waals surface area (Å²) in [5.41, 5.74) is 2.67. The van der Waals surface area contributed by atoms with Crippen LogP contribution in [0, 0.1) is 0 Å². The topological polar surface area (TPSA) is 108 Å². The molecule has 0 radical (unpaired) electrons. The van der Waals surface area contributed by atoms with Gasteiger partial charge in [-0.1, -0.05) is 11.8 Å². The Morgan fingerprint density at radius 1 is 0.971 bits per heavy atom. The molecule has 9 nitrogen and oxygen atoms in total. The van der Waals surface area contributed by atoms with Crippen molar-refractivity contribution in [3.8, 4) is 28.6 Å². The van der Waals surface area contributed by atoms with Gasteiger partial charge in [0, 0.05) is 35.3 Å². The average Bonchev–Trinajstić information content (AvgIpc) is 3.31. The number of rotatable bonds is 9. The fourth-order valence-corrected chi connectivity index (χ4v) is 4.10. The monoisotopic (exact) mass is 489 g/mol. The fourth-order valence-electron chi connectivity index (χ4n) is 3.36. The Balaban J connectivity index is 1.63. The lowest BCUT2D eigenvalue weighted by molar-refractivity contribution is -0.113. The molecule has 0 aliphatic carbocycles. The number of benzene rings is 2. The minimum atomic E-state index is -0.219. The maximum Gasteiger partial charge on any atom is 0.234 e. The standard InChI is InChI=1S/C25H23N5O4S/c1-16(31)17-4-6-19(7-5-17)27-23(32)15-35-25-29-28-24(18-10-12-26-13-11-18)30(25)21-14-20(33-2)8-9-22(21)34-3/h4-14H,15H2,1-3H3,(H,27,32). The summed E-state index contributed by atoms with van der Waals surface area (Å²) in [5, 5.41) is 12.1. The van der Waals surface area contributed by atoms with Crippen LogP contribution < -0.4 is 14.8 Å². The molecule has 10 heteroatoms. The van der Waals surface area contributed by atoms with Gasteiger partial charge in [0.25, 0.3) is 0 Å². The van der Waals surface area contributed by atoms with Crippen molar-refractivity contribution in [2.45, 2.75) is 12.1 Å². The number of nitrogens with zero attached hydrogens (tertiary/aromatic N) is 4. The van der Waals surface area contributed by atoms with Crippen molar-refractivity contribution in [1.82, 2.24) is 19.7 Å². The van der Waals surface area contributed by atoms with Crippen molar-refractivity contribution in [1.29, 1.82) is 0 Å². The van der Waals surface area contributed by atoms with Crippen LogP contribution in [0.4, 0.5) is 5.69 Å². The molecule has 0 spiro atoms. The number of hydrogen-bond donors (Lipinski definition) is 1. The molecule has 0 saturated carbocycles.